The smallest absolute Gasteiger partial charge is 0.305 e. The zero-order valence-electron chi connectivity index (χ0n) is 58.1. The van der Waals surface area contributed by atoms with Gasteiger partial charge in [-0.2, -0.15) is 0 Å². The molecule has 0 saturated carbocycles. The predicted molar refractivity (Wildman–Crippen MR) is 385 cm³/mol. The van der Waals surface area contributed by atoms with Crippen LogP contribution in [0.1, 0.15) is 64.2 Å². The number of carbonyl (C=O) groups is 8. The van der Waals surface area contributed by atoms with Crippen LogP contribution in [0.3, 0.4) is 0 Å². The zero-order valence-corrected chi connectivity index (χ0v) is 63.0. The average molecular weight is 1540 g/mol. The summed E-state index contributed by atoms with van der Waals surface area (Å²) in [6.45, 7) is 7.02. The van der Waals surface area contributed by atoms with Crippen LogP contribution in [-0.4, -0.2) is 325 Å². The van der Waals surface area contributed by atoms with Gasteiger partial charge in [0.05, 0.1) is 188 Å². The lowest BCUT2D eigenvalue weighted by molar-refractivity contribution is -0.139. The molecule has 0 aromatic rings. The second-order valence-corrected chi connectivity index (χ2v) is 28.7. The summed E-state index contributed by atoms with van der Waals surface area (Å²) in [4.78, 5) is 99.4. The molecule has 1 atom stereocenters. The Balaban J connectivity index is 4.50. The normalized spacial score (nSPS) is 11.6. The average Bonchev–Trinajstić information content (AvgIpc) is 0.872. The van der Waals surface area contributed by atoms with E-state index < -0.39 is 23.5 Å². The van der Waals surface area contributed by atoms with Crippen LogP contribution in [0.4, 0.5) is 0 Å². The zero-order chi connectivity index (χ0) is 72.6. The van der Waals surface area contributed by atoms with E-state index >= 15 is 0 Å². The Hall–Kier alpha value is -3.27. The van der Waals surface area contributed by atoms with Crippen molar-refractivity contribution in [3.8, 4) is 0 Å². The molecule has 0 aliphatic rings. The van der Waals surface area contributed by atoms with E-state index in [1.165, 1.54) is 10.8 Å². The van der Waals surface area contributed by atoms with Gasteiger partial charge in [-0.25, -0.2) is 0 Å². The number of nitrogens with one attached hydrogen (secondary N) is 8. The number of hydrogen-bond acceptors (Lipinski definition) is 29. The molecule has 0 heterocycles. The van der Waals surface area contributed by atoms with Crippen LogP contribution in [0.25, 0.3) is 5.41 Å². The fourth-order valence-electron chi connectivity index (χ4n) is 7.52. The highest BCUT2D eigenvalue weighted by Crippen LogP contribution is 2.36. The van der Waals surface area contributed by atoms with E-state index in [2.05, 4.69) is 42.5 Å². The van der Waals surface area contributed by atoms with Crippen LogP contribution < -0.4 is 42.5 Å². The van der Waals surface area contributed by atoms with Gasteiger partial charge in [0.15, 0.2) is 0 Å². The molecule has 99 heavy (non-hydrogen) atoms. The molecular formula is C60H112N9O24S6-. The molecule has 0 radical (unpaired) electrons. The quantitative estimate of drug-likeness (QED) is 0.0136. The number of carboxylic acids is 1. The minimum Gasteiger partial charge on any atom is -0.481 e. The Morgan fingerprint density at radius 3 is 1.12 bits per heavy atom. The number of unbranched alkanes of at least 4 members (excludes halogenated alkanes) is 1. The summed E-state index contributed by atoms with van der Waals surface area (Å²) in [5.74, 6) is -3.05. The molecule has 0 unspecified atom stereocenters. The number of methoxy groups -OCH3 is 3. The Bertz CT molecular complexity index is 1970. The van der Waals surface area contributed by atoms with Crippen LogP contribution >= 0.6 is 64.8 Å². The highest BCUT2D eigenvalue weighted by Gasteiger charge is 2.34. The Labute approximate surface area is 607 Å². The highest BCUT2D eigenvalue weighted by atomic mass is 33.2. The van der Waals surface area contributed by atoms with Gasteiger partial charge in [-0.1, -0.05) is 71.2 Å². The van der Waals surface area contributed by atoms with Gasteiger partial charge in [0, 0.05) is 99.1 Å². The molecule has 0 aliphatic heterocycles. The van der Waals surface area contributed by atoms with E-state index in [9.17, 15) is 48.9 Å². The molecule has 0 spiro atoms. The summed E-state index contributed by atoms with van der Waals surface area (Å²) < 4.78 is 82.1. The second kappa shape index (κ2) is 73.1. The van der Waals surface area contributed by atoms with Crippen LogP contribution in [0.2, 0.25) is 0 Å². The number of carbonyl (C=O) groups excluding carboxylic acids is 7. The van der Waals surface area contributed by atoms with E-state index in [0.717, 1.165) is 21.0 Å². The number of ether oxygens (including phenoxy) is 15. The molecule has 0 aliphatic carbocycles. The topological polar surface area (TPSA) is 414 Å². The van der Waals surface area contributed by atoms with Crippen LogP contribution in [0, 0.1) is 0 Å². The van der Waals surface area contributed by atoms with E-state index in [1.54, 1.807) is 64.5 Å². The van der Waals surface area contributed by atoms with E-state index in [4.69, 9.17) is 71.1 Å². The molecule has 0 bridgehead atoms. The molecule has 0 aromatic carbocycles. The standard InChI is InChI=1S/C60H112N9O24S6/c1-79-30-33-83-25-18-65-53(72)11-22-91-45-60(46-92-23-12-54(73)66-19-26-84-34-31-80-2,47-93-24-13-55(74)67-20-27-85-35-32-81-3)69-56(75)14-21-82-36-38-88-40-41-89-39-37-86-28-16-63-51(70)9-7-10-52(71)64-17-29-87-42-43-90-44-57(76)62-15-6-5-8-50(58(77)78)68-59(61)99-98-49-97-96-48-95-94-4/h50H,5-49H2,1-4H3,(H9-,61,62,63,64,65,66,67,68,69,70,71,72,73,74,75,76,77,78)/q-1/t50-/m0/s1. The number of amides is 7. The SMILES string of the molecule is COCCOCCNC(=O)CCOCC(COCCC(=O)NCCOCCOC)(COCCC(=O)NCCOCCOC)NC(=O)CCOCCOCCOCCOCCNC(=O)CCCC(=O)NCCOCCOCC(=O)NCCCC[C@H](NC(=[N-])SSCSSCSSC)C(=O)O. The van der Waals surface area contributed by atoms with Gasteiger partial charge < -0.3 is 124 Å². The first kappa shape index (κ1) is 95.7. The number of amidine groups is 1. The Morgan fingerprint density at radius 2 is 0.717 bits per heavy atom. The van der Waals surface area contributed by atoms with Crippen molar-refractivity contribution < 1.29 is 115 Å². The minimum atomic E-state index is -1.32. The molecule has 0 rings (SSSR count). The van der Waals surface area contributed by atoms with Crippen molar-refractivity contribution >= 4 is 117 Å². The van der Waals surface area contributed by atoms with E-state index in [0.29, 0.717) is 125 Å². The summed E-state index contributed by atoms with van der Waals surface area (Å²) in [5, 5.41) is 43.3. The van der Waals surface area contributed by atoms with Gasteiger partial charge in [0.25, 0.3) is 0 Å². The number of rotatable bonds is 75. The maximum absolute atomic E-state index is 13.5. The first-order valence-electron chi connectivity index (χ1n) is 32.8. The van der Waals surface area contributed by atoms with Crippen molar-refractivity contribution in [3.05, 3.63) is 5.41 Å². The van der Waals surface area contributed by atoms with Gasteiger partial charge in [-0.05, 0) is 30.7 Å². The van der Waals surface area contributed by atoms with Crippen molar-refractivity contribution in [2.24, 2.45) is 0 Å². The van der Waals surface area contributed by atoms with Gasteiger partial charge in [0.2, 0.25) is 41.4 Å². The summed E-state index contributed by atoms with van der Waals surface area (Å²) in [6.07, 6.45) is 4.00. The van der Waals surface area contributed by atoms with Gasteiger partial charge >= 0.3 is 5.97 Å². The molecule has 0 saturated heterocycles. The van der Waals surface area contributed by atoms with Crippen molar-refractivity contribution in [2.75, 3.05) is 255 Å². The summed E-state index contributed by atoms with van der Waals surface area (Å²) in [7, 11) is 14.1. The van der Waals surface area contributed by atoms with Gasteiger partial charge in [0.1, 0.15) is 12.1 Å². The molecule has 9 N–H and O–H groups in total. The minimum absolute atomic E-state index is 0.00842. The lowest BCUT2D eigenvalue weighted by Crippen LogP contribution is -2.59. The van der Waals surface area contributed by atoms with Crippen molar-refractivity contribution in [3.63, 3.8) is 0 Å². The van der Waals surface area contributed by atoms with Crippen LogP contribution in [0.5, 0.6) is 0 Å². The molecular weight excluding hydrogens is 1420 g/mol. The third kappa shape index (κ3) is 67.7. The number of carboxylic acid groups (broad SMARTS) is 1. The first-order chi connectivity index (χ1) is 48.2. The van der Waals surface area contributed by atoms with Crippen LogP contribution in [0.15, 0.2) is 0 Å². The molecule has 578 valence electrons. The summed E-state index contributed by atoms with van der Waals surface area (Å²) in [5.41, 5.74) is -1.32. The fourth-order valence-corrected chi connectivity index (χ4v) is 15.1. The maximum atomic E-state index is 13.5. The predicted octanol–water partition coefficient (Wildman–Crippen LogP) is 1.24. The van der Waals surface area contributed by atoms with Crippen molar-refractivity contribution in [1.29, 1.82) is 0 Å². The van der Waals surface area contributed by atoms with E-state index in [1.807, 2.05) is 6.26 Å². The van der Waals surface area contributed by atoms with Gasteiger partial charge in [-0.15, -0.1) is 0 Å². The molecule has 0 aromatic heterocycles. The summed E-state index contributed by atoms with van der Waals surface area (Å²) in [6, 6.07) is -0.948. The number of nitrogens with zero attached hydrogens (tertiary/aromatic N) is 1. The molecule has 0 fully saturated rings. The fraction of sp³-hybridized carbons (Fsp3) is 0.850. The lowest BCUT2D eigenvalue weighted by Gasteiger charge is -2.34. The number of aliphatic carboxylic acids is 1. The molecule has 7 amide bonds. The number of hydrogen-bond donors (Lipinski definition) is 9. The Kier molecular flexibility index (Phi) is 70.6. The van der Waals surface area contributed by atoms with Crippen molar-refractivity contribution in [1.82, 2.24) is 42.5 Å². The Morgan fingerprint density at radius 1 is 0.374 bits per heavy atom. The first-order valence-corrected chi connectivity index (χ1v) is 40.3. The highest BCUT2D eigenvalue weighted by molar-refractivity contribution is 8.90. The largest absolute Gasteiger partial charge is 0.481 e. The third-order valence-corrected chi connectivity index (χ3v) is 20.3. The second-order valence-electron chi connectivity index (χ2n) is 20.7. The molecule has 39 heteroatoms. The van der Waals surface area contributed by atoms with Gasteiger partial charge in [-0.3, -0.25) is 38.4 Å². The monoisotopic (exact) mass is 1530 g/mol. The lowest BCUT2D eigenvalue weighted by atomic mass is 10.0. The van der Waals surface area contributed by atoms with Crippen LogP contribution in [-0.2, 0) is 109 Å². The third-order valence-electron chi connectivity index (χ3n) is 12.5. The molecule has 33 nitrogen and oxygen atoms in total. The van der Waals surface area contributed by atoms with E-state index in [-0.39, 0.29) is 198 Å². The summed E-state index contributed by atoms with van der Waals surface area (Å²) >= 11 is 0. The maximum Gasteiger partial charge on any atom is 0.305 e. The van der Waals surface area contributed by atoms with Crippen molar-refractivity contribution in [2.45, 2.75) is 75.8 Å².